The molecule has 2 N–H and O–H groups in total. The van der Waals surface area contributed by atoms with Crippen molar-refractivity contribution in [3.8, 4) is 5.75 Å². The molecule has 17 heavy (non-hydrogen) atoms. The minimum absolute atomic E-state index is 0.291. The summed E-state index contributed by atoms with van der Waals surface area (Å²) in [5.74, 6) is 0.757. The third-order valence-electron chi connectivity index (χ3n) is 2.77. The highest BCUT2D eigenvalue weighted by Gasteiger charge is 2.14. The quantitative estimate of drug-likeness (QED) is 0.822. The molecule has 2 atom stereocenters. The zero-order valence-electron chi connectivity index (χ0n) is 10.9. The molecule has 0 fully saturated rings. The van der Waals surface area contributed by atoms with Crippen molar-refractivity contribution in [1.82, 2.24) is 0 Å². The van der Waals surface area contributed by atoms with E-state index in [-0.39, 0.29) is 11.9 Å². The monoisotopic (exact) mass is 239 g/mol. The minimum Gasteiger partial charge on any atom is -0.493 e. The highest BCUT2D eigenvalue weighted by Crippen LogP contribution is 2.27. The van der Waals surface area contributed by atoms with Crippen molar-refractivity contribution in [1.29, 1.82) is 0 Å². The molecule has 2 unspecified atom stereocenters. The summed E-state index contributed by atoms with van der Waals surface area (Å²) in [7, 11) is 0. The maximum absolute atomic E-state index is 13.6. The van der Waals surface area contributed by atoms with Crippen molar-refractivity contribution in [2.75, 3.05) is 6.61 Å². The number of ether oxygens (including phenoxy) is 1. The summed E-state index contributed by atoms with van der Waals surface area (Å²) >= 11 is 0. The average Bonchev–Trinajstić information content (AvgIpc) is 2.26. The van der Waals surface area contributed by atoms with Crippen molar-refractivity contribution in [3.63, 3.8) is 0 Å². The number of hydrogen-bond acceptors (Lipinski definition) is 2. The van der Waals surface area contributed by atoms with Crippen LogP contribution in [0.5, 0.6) is 5.75 Å². The molecule has 1 aromatic carbocycles. The number of nitrogens with two attached hydrogens (primary N) is 1. The molecule has 0 saturated carbocycles. The molecule has 0 aliphatic rings. The van der Waals surface area contributed by atoms with Crippen LogP contribution in [0, 0.1) is 11.7 Å². The van der Waals surface area contributed by atoms with E-state index in [4.69, 9.17) is 10.5 Å². The van der Waals surface area contributed by atoms with Crippen LogP contribution in [-0.4, -0.2) is 6.61 Å². The van der Waals surface area contributed by atoms with Gasteiger partial charge in [0, 0.05) is 11.6 Å². The van der Waals surface area contributed by atoms with Crippen LogP contribution in [0.2, 0.25) is 0 Å². The summed E-state index contributed by atoms with van der Waals surface area (Å²) in [6, 6.07) is 4.50. The van der Waals surface area contributed by atoms with Gasteiger partial charge in [0.25, 0.3) is 0 Å². The third kappa shape index (κ3) is 4.00. The van der Waals surface area contributed by atoms with Gasteiger partial charge < -0.3 is 10.5 Å². The summed E-state index contributed by atoms with van der Waals surface area (Å²) in [5, 5.41) is 0. The largest absolute Gasteiger partial charge is 0.493 e. The predicted octanol–water partition coefficient (Wildman–Crippen LogP) is 3.66. The van der Waals surface area contributed by atoms with E-state index in [0.717, 1.165) is 12.8 Å². The Labute approximate surface area is 103 Å². The van der Waals surface area contributed by atoms with Crippen molar-refractivity contribution in [3.05, 3.63) is 29.6 Å². The lowest BCUT2D eigenvalue weighted by atomic mass is 10.1. The van der Waals surface area contributed by atoms with E-state index in [9.17, 15) is 4.39 Å². The molecule has 1 aromatic rings. The van der Waals surface area contributed by atoms with E-state index >= 15 is 0 Å². The maximum atomic E-state index is 13.6. The lowest BCUT2D eigenvalue weighted by Gasteiger charge is -2.17. The second kappa shape index (κ2) is 6.60. The molecule has 1 rings (SSSR count). The summed E-state index contributed by atoms with van der Waals surface area (Å²) in [5.41, 5.74) is 6.23. The van der Waals surface area contributed by atoms with Gasteiger partial charge >= 0.3 is 0 Å². The van der Waals surface area contributed by atoms with Crippen LogP contribution in [0.3, 0.4) is 0 Å². The van der Waals surface area contributed by atoms with Gasteiger partial charge in [0.1, 0.15) is 11.6 Å². The number of hydrogen-bond donors (Lipinski definition) is 1. The molecule has 3 heteroatoms. The Morgan fingerprint density at radius 3 is 2.65 bits per heavy atom. The van der Waals surface area contributed by atoms with Crippen LogP contribution in [0.4, 0.5) is 4.39 Å². The van der Waals surface area contributed by atoms with Crippen LogP contribution in [0.25, 0.3) is 0 Å². The zero-order valence-corrected chi connectivity index (χ0v) is 10.9. The Morgan fingerprint density at radius 1 is 1.35 bits per heavy atom. The van der Waals surface area contributed by atoms with Crippen LogP contribution in [0.15, 0.2) is 18.2 Å². The van der Waals surface area contributed by atoms with E-state index in [1.807, 2.05) is 0 Å². The van der Waals surface area contributed by atoms with Gasteiger partial charge in [0.15, 0.2) is 0 Å². The first-order valence-corrected chi connectivity index (χ1v) is 6.23. The number of rotatable bonds is 6. The molecule has 0 spiro atoms. The second-order valence-corrected chi connectivity index (χ2v) is 4.65. The lowest BCUT2D eigenvalue weighted by molar-refractivity contribution is 0.247. The molecular formula is C14H22FNO. The fraction of sp³-hybridized carbons (Fsp3) is 0.571. The van der Waals surface area contributed by atoms with Crippen molar-refractivity contribution >= 4 is 0 Å². The predicted molar refractivity (Wildman–Crippen MR) is 68.6 cm³/mol. The molecule has 0 radical (unpaired) electrons. The molecule has 0 saturated heterocycles. The molecule has 0 heterocycles. The van der Waals surface area contributed by atoms with Crippen molar-refractivity contribution in [2.24, 2.45) is 11.7 Å². The Balaban J connectivity index is 2.73. The van der Waals surface area contributed by atoms with Crippen molar-refractivity contribution in [2.45, 2.75) is 39.7 Å². The Kier molecular flexibility index (Phi) is 5.42. The highest BCUT2D eigenvalue weighted by atomic mass is 19.1. The van der Waals surface area contributed by atoms with Crippen LogP contribution < -0.4 is 10.5 Å². The molecular weight excluding hydrogens is 217 g/mol. The normalized spacial score (nSPS) is 14.4. The Bertz CT molecular complexity index is 352. The lowest BCUT2D eigenvalue weighted by Crippen LogP contribution is -2.13. The van der Waals surface area contributed by atoms with E-state index in [2.05, 4.69) is 13.8 Å². The van der Waals surface area contributed by atoms with Crippen LogP contribution >= 0.6 is 0 Å². The van der Waals surface area contributed by atoms with E-state index in [0.29, 0.717) is 23.8 Å². The Morgan fingerprint density at radius 2 is 2.06 bits per heavy atom. The summed E-state index contributed by atoms with van der Waals surface area (Å²) in [6.45, 7) is 6.65. The zero-order chi connectivity index (χ0) is 12.8. The SMILES string of the molecule is CCCC(C)COc1cccc(F)c1C(C)N. The third-order valence-corrected chi connectivity index (χ3v) is 2.77. The summed E-state index contributed by atoms with van der Waals surface area (Å²) in [4.78, 5) is 0. The van der Waals surface area contributed by atoms with E-state index in [1.54, 1.807) is 19.1 Å². The maximum Gasteiger partial charge on any atom is 0.131 e. The minimum atomic E-state index is -0.354. The van der Waals surface area contributed by atoms with E-state index in [1.165, 1.54) is 6.07 Å². The first-order chi connectivity index (χ1) is 8.06. The fourth-order valence-electron chi connectivity index (χ4n) is 1.89. The van der Waals surface area contributed by atoms with Gasteiger partial charge in [0.05, 0.1) is 6.61 Å². The van der Waals surface area contributed by atoms with Gasteiger partial charge in [-0.2, -0.15) is 0 Å². The average molecular weight is 239 g/mol. The van der Waals surface area contributed by atoms with Crippen LogP contribution in [0.1, 0.15) is 45.2 Å². The number of benzene rings is 1. The van der Waals surface area contributed by atoms with Gasteiger partial charge in [-0.15, -0.1) is 0 Å². The molecule has 2 nitrogen and oxygen atoms in total. The van der Waals surface area contributed by atoms with Crippen molar-refractivity contribution < 1.29 is 9.13 Å². The standard InChI is InChI=1S/C14H22FNO/c1-4-6-10(2)9-17-13-8-5-7-12(15)14(13)11(3)16/h5,7-8,10-11H,4,6,9,16H2,1-3H3. The highest BCUT2D eigenvalue weighted by molar-refractivity contribution is 5.36. The fourth-order valence-corrected chi connectivity index (χ4v) is 1.89. The summed E-state index contributed by atoms with van der Waals surface area (Å²) < 4.78 is 19.3. The van der Waals surface area contributed by atoms with Gasteiger partial charge in [-0.1, -0.05) is 26.3 Å². The number of halogens is 1. The molecule has 0 bridgehead atoms. The first kappa shape index (κ1) is 14.0. The first-order valence-electron chi connectivity index (χ1n) is 6.23. The van der Waals surface area contributed by atoms with Gasteiger partial charge in [-0.3, -0.25) is 0 Å². The van der Waals surface area contributed by atoms with Gasteiger partial charge in [0.2, 0.25) is 0 Å². The smallest absolute Gasteiger partial charge is 0.131 e. The molecule has 0 aliphatic heterocycles. The molecule has 0 aromatic heterocycles. The molecule has 0 aliphatic carbocycles. The van der Waals surface area contributed by atoms with Crippen LogP contribution in [-0.2, 0) is 0 Å². The topological polar surface area (TPSA) is 35.2 Å². The second-order valence-electron chi connectivity index (χ2n) is 4.65. The van der Waals surface area contributed by atoms with E-state index < -0.39 is 0 Å². The molecule has 0 amide bonds. The molecule has 96 valence electrons. The van der Waals surface area contributed by atoms with Gasteiger partial charge in [-0.05, 0) is 31.4 Å². The Hall–Kier alpha value is -1.09. The summed E-state index contributed by atoms with van der Waals surface area (Å²) in [6.07, 6.45) is 2.25. The van der Waals surface area contributed by atoms with Gasteiger partial charge in [-0.25, -0.2) is 4.39 Å².